The highest BCUT2D eigenvalue weighted by Crippen LogP contribution is 2.28. The molecule has 0 saturated heterocycles. The quantitative estimate of drug-likeness (QED) is 0.671. The van der Waals surface area contributed by atoms with Crippen molar-refractivity contribution < 1.29 is 4.39 Å². The van der Waals surface area contributed by atoms with Gasteiger partial charge in [-0.15, -0.1) is 11.3 Å². The van der Waals surface area contributed by atoms with Crippen molar-refractivity contribution in [2.75, 3.05) is 0 Å². The van der Waals surface area contributed by atoms with Crippen LogP contribution in [0, 0.1) is 12.7 Å². The van der Waals surface area contributed by atoms with Crippen LogP contribution in [0.15, 0.2) is 23.6 Å². The molecular weight excluding hydrogens is 273 g/mol. The standard InChI is InChI=1S/C12H13ClFN3S/c1-7-6-18-11(16-7)5-10(17-15)12-8(13)3-2-4-9(12)14/h2-4,6,10,17H,5,15H2,1H3. The minimum absolute atomic E-state index is 0.362. The number of rotatable bonds is 4. The van der Waals surface area contributed by atoms with Crippen LogP contribution < -0.4 is 11.3 Å². The Morgan fingerprint density at radius 3 is 2.89 bits per heavy atom. The third kappa shape index (κ3) is 2.87. The fourth-order valence-corrected chi connectivity index (χ4v) is 2.87. The maximum absolute atomic E-state index is 13.8. The highest BCUT2D eigenvalue weighted by molar-refractivity contribution is 7.09. The van der Waals surface area contributed by atoms with Gasteiger partial charge in [-0.2, -0.15) is 0 Å². The molecule has 18 heavy (non-hydrogen) atoms. The lowest BCUT2D eigenvalue weighted by Gasteiger charge is -2.17. The first-order valence-corrected chi connectivity index (χ1v) is 6.68. The summed E-state index contributed by atoms with van der Waals surface area (Å²) >= 11 is 7.55. The summed E-state index contributed by atoms with van der Waals surface area (Å²) in [5.41, 5.74) is 3.93. The molecule has 1 aromatic carbocycles. The van der Waals surface area contributed by atoms with Gasteiger partial charge in [-0.05, 0) is 19.1 Å². The van der Waals surface area contributed by atoms with Gasteiger partial charge < -0.3 is 0 Å². The van der Waals surface area contributed by atoms with E-state index in [4.69, 9.17) is 17.4 Å². The number of thiazole rings is 1. The van der Waals surface area contributed by atoms with Crippen LogP contribution in [0.5, 0.6) is 0 Å². The van der Waals surface area contributed by atoms with Crippen molar-refractivity contribution in [2.24, 2.45) is 5.84 Å². The smallest absolute Gasteiger partial charge is 0.129 e. The van der Waals surface area contributed by atoms with Crippen LogP contribution in [0.25, 0.3) is 0 Å². The van der Waals surface area contributed by atoms with E-state index in [-0.39, 0.29) is 11.9 Å². The number of halogens is 2. The van der Waals surface area contributed by atoms with Gasteiger partial charge in [-0.1, -0.05) is 17.7 Å². The van der Waals surface area contributed by atoms with E-state index < -0.39 is 0 Å². The Bertz CT molecular complexity index is 524. The van der Waals surface area contributed by atoms with Crippen LogP contribution in [-0.2, 0) is 6.42 Å². The summed E-state index contributed by atoms with van der Waals surface area (Å²) in [5.74, 6) is 5.14. The number of aromatic nitrogens is 1. The van der Waals surface area contributed by atoms with Crippen LogP contribution >= 0.6 is 22.9 Å². The molecule has 0 aliphatic rings. The molecule has 6 heteroatoms. The fraction of sp³-hybridized carbons (Fsp3) is 0.250. The predicted octanol–water partition coefficient (Wildman–Crippen LogP) is 2.99. The molecule has 3 N–H and O–H groups in total. The molecule has 0 radical (unpaired) electrons. The summed E-state index contributed by atoms with van der Waals surface area (Å²) in [5, 5.41) is 3.22. The summed E-state index contributed by atoms with van der Waals surface area (Å²) in [6.07, 6.45) is 0.510. The predicted molar refractivity (Wildman–Crippen MR) is 72.0 cm³/mol. The van der Waals surface area contributed by atoms with Gasteiger partial charge in [0.05, 0.1) is 11.0 Å². The minimum Gasteiger partial charge on any atom is -0.271 e. The number of hydrazine groups is 1. The van der Waals surface area contributed by atoms with Gasteiger partial charge in [-0.3, -0.25) is 11.3 Å². The zero-order chi connectivity index (χ0) is 13.1. The van der Waals surface area contributed by atoms with E-state index in [1.165, 1.54) is 17.4 Å². The normalized spacial score (nSPS) is 12.7. The molecule has 96 valence electrons. The second kappa shape index (κ2) is 5.75. The average molecular weight is 286 g/mol. The zero-order valence-electron chi connectivity index (χ0n) is 9.78. The first-order valence-electron chi connectivity index (χ1n) is 5.43. The van der Waals surface area contributed by atoms with Crippen LogP contribution in [0.1, 0.15) is 22.3 Å². The van der Waals surface area contributed by atoms with Gasteiger partial charge in [0.2, 0.25) is 0 Å². The first kappa shape index (κ1) is 13.4. The van der Waals surface area contributed by atoms with E-state index in [9.17, 15) is 4.39 Å². The maximum Gasteiger partial charge on any atom is 0.129 e. The van der Waals surface area contributed by atoms with Gasteiger partial charge in [0.25, 0.3) is 0 Å². The molecule has 3 nitrogen and oxygen atoms in total. The van der Waals surface area contributed by atoms with Crippen LogP contribution in [0.2, 0.25) is 5.02 Å². The zero-order valence-corrected chi connectivity index (χ0v) is 11.4. The van der Waals surface area contributed by atoms with Crippen molar-refractivity contribution in [3.8, 4) is 0 Å². The molecule has 1 heterocycles. The molecule has 2 aromatic rings. The van der Waals surface area contributed by atoms with Crippen molar-refractivity contribution in [1.82, 2.24) is 10.4 Å². The Morgan fingerprint density at radius 1 is 1.56 bits per heavy atom. The summed E-state index contributed by atoms with van der Waals surface area (Å²) in [7, 11) is 0. The van der Waals surface area contributed by atoms with E-state index in [1.54, 1.807) is 12.1 Å². The highest BCUT2D eigenvalue weighted by Gasteiger charge is 2.19. The molecule has 0 bridgehead atoms. The summed E-state index contributed by atoms with van der Waals surface area (Å²) in [4.78, 5) is 4.34. The largest absolute Gasteiger partial charge is 0.271 e. The van der Waals surface area contributed by atoms with E-state index in [1.807, 2.05) is 12.3 Å². The number of nitrogens with zero attached hydrogens (tertiary/aromatic N) is 1. The number of hydrogen-bond acceptors (Lipinski definition) is 4. The molecule has 0 spiro atoms. The minimum atomic E-state index is -0.385. The fourth-order valence-electron chi connectivity index (χ4n) is 1.76. The maximum atomic E-state index is 13.8. The van der Waals surface area contributed by atoms with Gasteiger partial charge in [0.1, 0.15) is 5.82 Å². The van der Waals surface area contributed by atoms with Gasteiger partial charge in [0.15, 0.2) is 0 Å². The summed E-state index contributed by atoms with van der Waals surface area (Å²) in [6, 6.07) is 4.21. The lowest BCUT2D eigenvalue weighted by molar-refractivity contribution is 0.510. The third-order valence-electron chi connectivity index (χ3n) is 2.59. The molecule has 2 rings (SSSR count). The summed E-state index contributed by atoms with van der Waals surface area (Å²) < 4.78 is 13.8. The van der Waals surface area contributed by atoms with Crippen molar-refractivity contribution in [3.05, 3.63) is 50.7 Å². The van der Waals surface area contributed by atoms with E-state index in [0.717, 1.165) is 10.7 Å². The second-order valence-electron chi connectivity index (χ2n) is 3.94. The van der Waals surface area contributed by atoms with E-state index >= 15 is 0 Å². The molecule has 0 amide bonds. The topological polar surface area (TPSA) is 50.9 Å². The lowest BCUT2D eigenvalue weighted by atomic mass is 10.0. The van der Waals surface area contributed by atoms with Gasteiger partial charge >= 0.3 is 0 Å². The Labute approximate surface area is 114 Å². The van der Waals surface area contributed by atoms with Crippen LogP contribution in [-0.4, -0.2) is 4.98 Å². The molecule has 1 unspecified atom stereocenters. The van der Waals surface area contributed by atoms with Crippen molar-refractivity contribution in [1.29, 1.82) is 0 Å². The average Bonchev–Trinajstić information content (AvgIpc) is 2.73. The first-order chi connectivity index (χ1) is 8.61. The van der Waals surface area contributed by atoms with Crippen LogP contribution in [0.4, 0.5) is 4.39 Å². The highest BCUT2D eigenvalue weighted by atomic mass is 35.5. The van der Waals surface area contributed by atoms with Gasteiger partial charge in [0, 0.05) is 28.1 Å². The molecule has 0 aliphatic carbocycles. The monoisotopic (exact) mass is 285 g/mol. The Balaban J connectivity index is 2.28. The SMILES string of the molecule is Cc1csc(CC(NN)c2c(F)cccc2Cl)n1. The summed E-state index contributed by atoms with van der Waals surface area (Å²) in [6.45, 7) is 1.92. The van der Waals surface area contributed by atoms with Crippen molar-refractivity contribution in [2.45, 2.75) is 19.4 Å². The Morgan fingerprint density at radius 2 is 2.33 bits per heavy atom. The van der Waals surface area contributed by atoms with Crippen molar-refractivity contribution in [3.63, 3.8) is 0 Å². The molecular formula is C12H13ClFN3S. The third-order valence-corrected chi connectivity index (χ3v) is 3.91. The Hall–Kier alpha value is -1.01. The number of aryl methyl sites for hydroxylation is 1. The van der Waals surface area contributed by atoms with Crippen LogP contribution in [0.3, 0.4) is 0 Å². The Kier molecular flexibility index (Phi) is 4.29. The van der Waals surface area contributed by atoms with E-state index in [2.05, 4.69) is 10.4 Å². The number of benzene rings is 1. The number of nitrogens with two attached hydrogens (primary N) is 1. The molecule has 1 aromatic heterocycles. The molecule has 0 aliphatic heterocycles. The molecule has 0 saturated carbocycles. The second-order valence-corrected chi connectivity index (χ2v) is 5.29. The lowest BCUT2D eigenvalue weighted by Crippen LogP contribution is -2.30. The molecule has 1 atom stereocenters. The number of hydrogen-bond donors (Lipinski definition) is 2. The van der Waals surface area contributed by atoms with Crippen molar-refractivity contribution >= 4 is 22.9 Å². The molecule has 0 fully saturated rings. The number of nitrogens with one attached hydrogen (secondary N) is 1. The van der Waals surface area contributed by atoms with Gasteiger partial charge in [-0.25, -0.2) is 9.37 Å². The van der Waals surface area contributed by atoms with E-state index in [0.29, 0.717) is 17.0 Å².